The molecule has 0 aliphatic rings. The van der Waals surface area contributed by atoms with Crippen LogP contribution in [0.5, 0.6) is 11.6 Å². The Bertz CT molecular complexity index is 631. The number of ether oxygens (including phenoxy) is 2. The first-order valence-corrected chi connectivity index (χ1v) is 6.79. The van der Waals surface area contributed by atoms with Gasteiger partial charge in [-0.3, -0.25) is 0 Å². The highest BCUT2D eigenvalue weighted by molar-refractivity contribution is 5.91. The Hall–Kier alpha value is -2.60. The minimum absolute atomic E-state index is 0.00115. The fourth-order valence-corrected chi connectivity index (χ4v) is 1.99. The number of hydrogen-bond donors (Lipinski definition) is 2. The van der Waals surface area contributed by atoms with Gasteiger partial charge in [0.15, 0.2) is 5.75 Å². The molecule has 6 heteroatoms. The van der Waals surface area contributed by atoms with Crippen LogP contribution in [0.4, 0.5) is 0 Å². The molecule has 6 nitrogen and oxygen atoms in total. The number of carbonyl (C=O) groups is 1. The molecule has 0 spiro atoms. The van der Waals surface area contributed by atoms with Crippen molar-refractivity contribution in [2.75, 3.05) is 13.7 Å². The van der Waals surface area contributed by atoms with Gasteiger partial charge in [0, 0.05) is 12.1 Å². The van der Waals surface area contributed by atoms with Gasteiger partial charge in [-0.15, -0.1) is 0 Å². The van der Waals surface area contributed by atoms with Gasteiger partial charge in [-0.2, -0.15) is 0 Å². The SMILES string of the molecule is COc1cc(C(=O)O)c(OCC(N)Cc2ccccc2)cn1. The van der Waals surface area contributed by atoms with E-state index >= 15 is 0 Å². The molecule has 0 saturated heterocycles. The van der Waals surface area contributed by atoms with Gasteiger partial charge in [-0.05, 0) is 12.0 Å². The zero-order chi connectivity index (χ0) is 15.9. The summed E-state index contributed by atoms with van der Waals surface area (Å²) in [5, 5.41) is 9.19. The predicted octanol–water partition coefficient (Wildman–Crippen LogP) is 1.74. The van der Waals surface area contributed by atoms with Crippen molar-refractivity contribution in [2.45, 2.75) is 12.5 Å². The molecule has 1 atom stereocenters. The molecule has 2 aromatic rings. The number of nitrogens with two attached hydrogens (primary N) is 1. The molecule has 0 aliphatic heterocycles. The third kappa shape index (κ3) is 4.20. The maximum Gasteiger partial charge on any atom is 0.339 e. The number of hydrogen-bond acceptors (Lipinski definition) is 5. The number of aromatic carboxylic acids is 1. The largest absolute Gasteiger partial charge is 0.489 e. The molecule has 3 N–H and O–H groups in total. The molecule has 0 fully saturated rings. The number of carboxylic acid groups (broad SMARTS) is 1. The zero-order valence-corrected chi connectivity index (χ0v) is 12.2. The van der Waals surface area contributed by atoms with Crippen LogP contribution in [-0.4, -0.2) is 35.8 Å². The Kier molecular flexibility index (Phi) is 5.32. The fraction of sp³-hybridized carbons (Fsp3) is 0.250. The number of rotatable bonds is 7. The second-order valence-electron chi connectivity index (χ2n) is 4.79. The molecule has 0 radical (unpaired) electrons. The van der Waals surface area contributed by atoms with Crippen molar-refractivity contribution in [2.24, 2.45) is 5.73 Å². The van der Waals surface area contributed by atoms with E-state index in [1.165, 1.54) is 19.4 Å². The average Bonchev–Trinajstić information content (AvgIpc) is 2.53. The first kappa shape index (κ1) is 15.8. The molecule has 0 saturated carbocycles. The van der Waals surface area contributed by atoms with Crippen LogP contribution in [0, 0.1) is 0 Å². The lowest BCUT2D eigenvalue weighted by atomic mass is 10.1. The predicted molar refractivity (Wildman–Crippen MR) is 81.4 cm³/mol. The number of nitrogens with zero attached hydrogens (tertiary/aromatic N) is 1. The van der Waals surface area contributed by atoms with Crippen LogP contribution >= 0.6 is 0 Å². The molecule has 1 aromatic carbocycles. The Labute approximate surface area is 128 Å². The van der Waals surface area contributed by atoms with Gasteiger partial charge in [0.2, 0.25) is 5.88 Å². The second-order valence-corrected chi connectivity index (χ2v) is 4.79. The summed E-state index contributed by atoms with van der Waals surface area (Å²) in [5.74, 6) is -0.706. The number of benzene rings is 1. The van der Waals surface area contributed by atoms with Crippen molar-refractivity contribution in [1.82, 2.24) is 4.98 Å². The highest BCUT2D eigenvalue weighted by atomic mass is 16.5. The monoisotopic (exact) mass is 302 g/mol. The van der Waals surface area contributed by atoms with Gasteiger partial charge < -0.3 is 20.3 Å². The summed E-state index contributed by atoms with van der Waals surface area (Å²) in [4.78, 5) is 15.2. The number of aromatic nitrogens is 1. The molecule has 2 rings (SSSR count). The third-order valence-electron chi connectivity index (χ3n) is 3.08. The molecule has 0 amide bonds. The molecule has 1 aromatic heterocycles. The number of pyridine rings is 1. The van der Waals surface area contributed by atoms with Crippen LogP contribution < -0.4 is 15.2 Å². The van der Waals surface area contributed by atoms with Crippen molar-refractivity contribution >= 4 is 5.97 Å². The molecular formula is C16H18N2O4. The molecule has 1 heterocycles. The first-order chi connectivity index (χ1) is 10.6. The van der Waals surface area contributed by atoms with Crippen LogP contribution in [0.1, 0.15) is 15.9 Å². The maximum absolute atomic E-state index is 11.2. The molecule has 0 aliphatic carbocycles. The van der Waals surface area contributed by atoms with Crippen molar-refractivity contribution in [3.63, 3.8) is 0 Å². The fourth-order valence-electron chi connectivity index (χ4n) is 1.99. The van der Waals surface area contributed by atoms with E-state index in [0.717, 1.165) is 5.56 Å². The summed E-state index contributed by atoms with van der Waals surface area (Å²) in [7, 11) is 1.42. The summed E-state index contributed by atoms with van der Waals surface area (Å²) in [6.07, 6.45) is 1.98. The summed E-state index contributed by atoms with van der Waals surface area (Å²) in [6, 6.07) is 10.9. The first-order valence-electron chi connectivity index (χ1n) is 6.79. The van der Waals surface area contributed by atoms with Gasteiger partial charge in [-0.25, -0.2) is 9.78 Å². The van der Waals surface area contributed by atoms with E-state index in [0.29, 0.717) is 6.42 Å². The van der Waals surface area contributed by atoms with E-state index < -0.39 is 5.97 Å². The smallest absolute Gasteiger partial charge is 0.339 e. The maximum atomic E-state index is 11.2. The third-order valence-corrected chi connectivity index (χ3v) is 3.08. The molecule has 0 bridgehead atoms. The Morgan fingerprint density at radius 2 is 2.09 bits per heavy atom. The molecule has 116 valence electrons. The normalized spacial score (nSPS) is 11.7. The zero-order valence-electron chi connectivity index (χ0n) is 12.2. The molecule has 1 unspecified atom stereocenters. The average molecular weight is 302 g/mol. The molecular weight excluding hydrogens is 284 g/mol. The minimum atomic E-state index is -1.10. The Balaban J connectivity index is 2.00. The van der Waals surface area contributed by atoms with E-state index in [1.807, 2.05) is 30.3 Å². The van der Waals surface area contributed by atoms with Crippen molar-refractivity contribution < 1.29 is 19.4 Å². The van der Waals surface area contributed by atoms with Crippen LogP contribution in [0.15, 0.2) is 42.6 Å². The topological polar surface area (TPSA) is 94.7 Å². The molecule has 22 heavy (non-hydrogen) atoms. The summed E-state index contributed by atoms with van der Waals surface area (Å²) >= 11 is 0. The lowest BCUT2D eigenvalue weighted by Gasteiger charge is -2.14. The van der Waals surface area contributed by atoms with Gasteiger partial charge in [0.25, 0.3) is 0 Å². The van der Waals surface area contributed by atoms with E-state index in [1.54, 1.807) is 0 Å². The van der Waals surface area contributed by atoms with Crippen molar-refractivity contribution in [3.8, 4) is 11.6 Å². The second kappa shape index (κ2) is 7.42. The van der Waals surface area contributed by atoms with Crippen LogP contribution in [0.3, 0.4) is 0 Å². The van der Waals surface area contributed by atoms with Crippen molar-refractivity contribution in [3.05, 3.63) is 53.7 Å². The Morgan fingerprint density at radius 1 is 1.36 bits per heavy atom. The highest BCUT2D eigenvalue weighted by Gasteiger charge is 2.15. The van der Waals surface area contributed by atoms with E-state index in [-0.39, 0.29) is 29.8 Å². The Morgan fingerprint density at radius 3 is 2.73 bits per heavy atom. The standard InChI is InChI=1S/C16H18N2O4/c1-21-15-8-13(16(19)20)14(9-18-15)22-10-12(17)7-11-5-3-2-4-6-11/h2-6,8-9,12H,7,10,17H2,1H3,(H,19,20). The summed E-state index contributed by atoms with van der Waals surface area (Å²) in [5.41, 5.74) is 7.12. The summed E-state index contributed by atoms with van der Waals surface area (Å²) < 4.78 is 10.4. The van der Waals surface area contributed by atoms with Crippen molar-refractivity contribution in [1.29, 1.82) is 0 Å². The van der Waals surface area contributed by atoms with Crippen LogP contribution in [0.2, 0.25) is 0 Å². The van der Waals surface area contributed by atoms with Gasteiger partial charge in [0.05, 0.1) is 13.3 Å². The van der Waals surface area contributed by atoms with Gasteiger partial charge >= 0.3 is 5.97 Å². The lowest BCUT2D eigenvalue weighted by molar-refractivity contribution is 0.0691. The van der Waals surface area contributed by atoms with Gasteiger partial charge in [0.1, 0.15) is 12.2 Å². The van der Waals surface area contributed by atoms with E-state index in [9.17, 15) is 9.90 Å². The van der Waals surface area contributed by atoms with Gasteiger partial charge in [-0.1, -0.05) is 30.3 Å². The highest BCUT2D eigenvalue weighted by Crippen LogP contribution is 2.21. The quantitative estimate of drug-likeness (QED) is 0.809. The lowest BCUT2D eigenvalue weighted by Crippen LogP contribution is -2.30. The number of carboxylic acids is 1. The summed E-state index contributed by atoms with van der Waals surface area (Å²) in [6.45, 7) is 0.198. The van der Waals surface area contributed by atoms with Crippen LogP contribution in [0.25, 0.3) is 0 Å². The number of methoxy groups -OCH3 is 1. The van der Waals surface area contributed by atoms with E-state index in [2.05, 4.69) is 4.98 Å². The van der Waals surface area contributed by atoms with E-state index in [4.69, 9.17) is 15.2 Å². The minimum Gasteiger partial charge on any atom is -0.489 e. The van der Waals surface area contributed by atoms with Crippen LogP contribution in [-0.2, 0) is 6.42 Å².